The highest BCUT2D eigenvalue weighted by Crippen LogP contribution is 2.14. The van der Waals surface area contributed by atoms with Crippen molar-refractivity contribution in [3.63, 3.8) is 0 Å². The third-order valence-corrected chi connectivity index (χ3v) is 5.42. The molecule has 1 aromatic rings. The van der Waals surface area contributed by atoms with Crippen molar-refractivity contribution in [1.82, 2.24) is 20.4 Å². The lowest BCUT2D eigenvalue weighted by molar-refractivity contribution is 0.0925. The van der Waals surface area contributed by atoms with Gasteiger partial charge < -0.3 is 20.3 Å². The first-order valence-corrected chi connectivity index (χ1v) is 10.6. The summed E-state index contributed by atoms with van der Waals surface area (Å²) in [7, 11) is 3.90. The number of nitrogens with zero attached hydrogens (tertiary/aromatic N) is 3. The number of rotatable bonds is 9. The van der Waals surface area contributed by atoms with Crippen LogP contribution in [0.3, 0.4) is 0 Å². The molecule has 0 aliphatic carbocycles. The molecule has 1 aliphatic rings. The average Bonchev–Trinajstić information content (AvgIpc) is 2.69. The molecular weight excluding hydrogens is 477 g/mol. The van der Waals surface area contributed by atoms with Crippen molar-refractivity contribution in [2.45, 2.75) is 33.2 Å². The standard InChI is InChI=1S/C22H39N5O.HI/c1-6-23-22(24-12-11-19-7-9-20(28-5)10-8-19)25-17-21(18(2)3)27-15-13-26(4)14-16-27;/h7-10,18,21H,6,11-17H2,1-5H3,(H2,23,24,25);1H. The summed E-state index contributed by atoms with van der Waals surface area (Å²) in [6.45, 7) is 13.9. The fraction of sp³-hybridized carbons (Fsp3) is 0.682. The highest BCUT2D eigenvalue weighted by molar-refractivity contribution is 14.0. The molecule has 0 amide bonds. The van der Waals surface area contributed by atoms with Gasteiger partial charge in [-0.25, -0.2) is 0 Å². The van der Waals surface area contributed by atoms with E-state index in [9.17, 15) is 0 Å². The summed E-state index contributed by atoms with van der Waals surface area (Å²) in [6, 6.07) is 8.75. The van der Waals surface area contributed by atoms with Gasteiger partial charge in [0, 0.05) is 45.3 Å². The van der Waals surface area contributed by atoms with Gasteiger partial charge in [0.15, 0.2) is 5.96 Å². The lowest BCUT2D eigenvalue weighted by Crippen LogP contribution is -2.52. The Labute approximate surface area is 194 Å². The van der Waals surface area contributed by atoms with Crippen LogP contribution in [0.2, 0.25) is 0 Å². The first-order valence-electron chi connectivity index (χ1n) is 10.6. The molecule has 166 valence electrons. The number of methoxy groups -OCH3 is 1. The van der Waals surface area contributed by atoms with E-state index in [1.807, 2.05) is 12.1 Å². The molecule has 1 unspecified atom stereocenters. The highest BCUT2D eigenvalue weighted by atomic mass is 127. The Morgan fingerprint density at radius 3 is 2.31 bits per heavy atom. The number of nitrogens with one attached hydrogen (secondary N) is 2. The van der Waals surface area contributed by atoms with Crippen molar-refractivity contribution in [1.29, 1.82) is 0 Å². The largest absolute Gasteiger partial charge is 0.497 e. The summed E-state index contributed by atoms with van der Waals surface area (Å²) in [5.74, 6) is 2.40. The van der Waals surface area contributed by atoms with E-state index in [0.29, 0.717) is 12.0 Å². The molecule has 1 heterocycles. The maximum absolute atomic E-state index is 5.22. The smallest absolute Gasteiger partial charge is 0.191 e. The molecule has 0 radical (unpaired) electrons. The van der Waals surface area contributed by atoms with Crippen LogP contribution in [0.15, 0.2) is 29.3 Å². The zero-order chi connectivity index (χ0) is 20.4. The van der Waals surface area contributed by atoms with Crippen LogP contribution in [0.5, 0.6) is 5.75 Å². The molecule has 6 nitrogen and oxygen atoms in total. The minimum atomic E-state index is 0. The van der Waals surface area contributed by atoms with Gasteiger partial charge in [0.2, 0.25) is 0 Å². The summed E-state index contributed by atoms with van der Waals surface area (Å²) in [5, 5.41) is 6.87. The van der Waals surface area contributed by atoms with Gasteiger partial charge in [-0.3, -0.25) is 9.89 Å². The highest BCUT2D eigenvalue weighted by Gasteiger charge is 2.24. The van der Waals surface area contributed by atoms with Gasteiger partial charge in [-0.05, 0) is 44.0 Å². The molecule has 1 atom stereocenters. The lowest BCUT2D eigenvalue weighted by Gasteiger charge is -2.39. The molecule has 7 heteroatoms. The molecular formula is C22H40IN5O. The number of hydrogen-bond donors (Lipinski definition) is 2. The van der Waals surface area contributed by atoms with Crippen molar-refractivity contribution in [3.8, 4) is 5.75 Å². The van der Waals surface area contributed by atoms with Crippen molar-refractivity contribution in [2.75, 3.05) is 60.0 Å². The maximum Gasteiger partial charge on any atom is 0.191 e. The molecule has 0 saturated carbocycles. The SMILES string of the molecule is CCNC(=NCC(C(C)C)N1CCN(C)CC1)NCCc1ccc(OC)cc1.I. The second-order valence-electron chi connectivity index (χ2n) is 7.90. The van der Waals surface area contributed by atoms with E-state index in [-0.39, 0.29) is 24.0 Å². The normalized spacial score (nSPS) is 17.0. The molecule has 1 aliphatic heterocycles. The zero-order valence-electron chi connectivity index (χ0n) is 18.8. The van der Waals surface area contributed by atoms with Crippen LogP contribution in [-0.2, 0) is 6.42 Å². The lowest BCUT2D eigenvalue weighted by atomic mass is 10.0. The second kappa shape index (κ2) is 14.0. The molecule has 1 saturated heterocycles. The first-order chi connectivity index (χ1) is 13.5. The second-order valence-corrected chi connectivity index (χ2v) is 7.90. The molecule has 29 heavy (non-hydrogen) atoms. The summed E-state index contributed by atoms with van der Waals surface area (Å²) in [5.41, 5.74) is 1.29. The molecule has 2 N–H and O–H groups in total. The quantitative estimate of drug-likeness (QED) is 0.300. The van der Waals surface area contributed by atoms with Crippen molar-refractivity contribution < 1.29 is 4.74 Å². The van der Waals surface area contributed by atoms with Crippen molar-refractivity contribution in [2.24, 2.45) is 10.9 Å². The monoisotopic (exact) mass is 517 g/mol. The Kier molecular flexibility index (Phi) is 12.6. The minimum Gasteiger partial charge on any atom is -0.497 e. The Morgan fingerprint density at radius 2 is 1.76 bits per heavy atom. The van der Waals surface area contributed by atoms with Gasteiger partial charge in [0.25, 0.3) is 0 Å². The maximum atomic E-state index is 5.22. The number of ether oxygens (including phenoxy) is 1. The number of aliphatic imine (C=N–C) groups is 1. The predicted molar refractivity (Wildman–Crippen MR) is 134 cm³/mol. The van der Waals surface area contributed by atoms with Crippen LogP contribution >= 0.6 is 24.0 Å². The topological polar surface area (TPSA) is 52.1 Å². The average molecular weight is 518 g/mol. The molecule has 0 aromatic heterocycles. The number of guanidine groups is 1. The number of hydrogen-bond acceptors (Lipinski definition) is 4. The first kappa shape index (κ1) is 26.0. The fourth-order valence-electron chi connectivity index (χ4n) is 3.55. The Bertz CT molecular complexity index is 585. The van der Waals surface area contributed by atoms with E-state index in [2.05, 4.69) is 60.4 Å². The molecule has 1 fully saturated rings. The van der Waals surface area contributed by atoms with Gasteiger partial charge in [0.05, 0.1) is 13.7 Å². The summed E-state index contributed by atoms with van der Waals surface area (Å²) < 4.78 is 5.22. The van der Waals surface area contributed by atoms with Gasteiger partial charge in [-0.15, -0.1) is 24.0 Å². The van der Waals surface area contributed by atoms with E-state index in [4.69, 9.17) is 9.73 Å². The van der Waals surface area contributed by atoms with E-state index in [0.717, 1.165) is 63.9 Å². The van der Waals surface area contributed by atoms with E-state index >= 15 is 0 Å². The van der Waals surface area contributed by atoms with Crippen LogP contribution in [0.25, 0.3) is 0 Å². The number of halogens is 1. The molecule has 1 aromatic carbocycles. The van der Waals surface area contributed by atoms with Gasteiger partial charge in [-0.1, -0.05) is 26.0 Å². The zero-order valence-corrected chi connectivity index (χ0v) is 21.1. The van der Waals surface area contributed by atoms with Crippen molar-refractivity contribution in [3.05, 3.63) is 29.8 Å². The Morgan fingerprint density at radius 1 is 1.10 bits per heavy atom. The van der Waals surface area contributed by atoms with Crippen LogP contribution in [0, 0.1) is 5.92 Å². The van der Waals surface area contributed by atoms with Crippen LogP contribution in [0.4, 0.5) is 0 Å². The molecule has 2 rings (SSSR count). The van der Waals surface area contributed by atoms with Gasteiger partial charge in [0.1, 0.15) is 5.75 Å². The number of benzene rings is 1. The summed E-state index contributed by atoms with van der Waals surface area (Å²) in [4.78, 5) is 9.92. The van der Waals surface area contributed by atoms with Crippen LogP contribution < -0.4 is 15.4 Å². The third kappa shape index (κ3) is 9.09. The molecule has 0 spiro atoms. The number of likely N-dealkylation sites (N-methyl/N-ethyl adjacent to an activating group) is 1. The Hall–Kier alpha value is -1.06. The number of piperazine rings is 1. The van der Waals surface area contributed by atoms with E-state index < -0.39 is 0 Å². The van der Waals surface area contributed by atoms with E-state index in [1.165, 1.54) is 5.56 Å². The van der Waals surface area contributed by atoms with Gasteiger partial charge >= 0.3 is 0 Å². The predicted octanol–water partition coefficient (Wildman–Crippen LogP) is 2.68. The van der Waals surface area contributed by atoms with Gasteiger partial charge in [-0.2, -0.15) is 0 Å². The summed E-state index contributed by atoms with van der Waals surface area (Å²) in [6.07, 6.45) is 0.959. The third-order valence-electron chi connectivity index (χ3n) is 5.42. The van der Waals surface area contributed by atoms with E-state index in [1.54, 1.807) is 7.11 Å². The van der Waals surface area contributed by atoms with Crippen molar-refractivity contribution >= 4 is 29.9 Å². The van der Waals surface area contributed by atoms with Crippen LogP contribution in [0.1, 0.15) is 26.3 Å². The summed E-state index contributed by atoms with van der Waals surface area (Å²) >= 11 is 0. The minimum absolute atomic E-state index is 0. The molecule has 0 bridgehead atoms. The Balaban J connectivity index is 0.00000420. The van der Waals surface area contributed by atoms with Crippen LogP contribution in [-0.4, -0.2) is 81.8 Å². The fourth-order valence-corrected chi connectivity index (χ4v) is 3.55.